The highest BCUT2D eigenvalue weighted by Crippen LogP contribution is 2.21. The Labute approximate surface area is 89.0 Å². The van der Waals surface area contributed by atoms with E-state index < -0.39 is 6.98 Å². The molecular weight excluding hydrogens is 256 g/mol. The molecule has 5 heteroatoms. The lowest BCUT2D eigenvalue weighted by Crippen LogP contribution is -2.09. The molecule has 0 aromatic heterocycles. The molecule has 1 aromatic rings. The minimum absolute atomic E-state index is 0.291. The molecular formula is C9H8BBrF3-. The van der Waals surface area contributed by atoms with Gasteiger partial charge in [0.2, 0.25) is 0 Å². The number of aryl methyl sites for hydroxylation is 1. The minimum Gasteiger partial charge on any atom is -0.445 e. The highest BCUT2D eigenvalue weighted by molar-refractivity contribution is 9.10. The van der Waals surface area contributed by atoms with Crippen molar-refractivity contribution in [1.82, 2.24) is 0 Å². The molecule has 0 heterocycles. The van der Waals surface area contributed by atoms with Crippen molar-refractivity contribution in [1.29, 1.82) is 0 Å². The molecule has 0 spiro atoms. The van der Waals surface area contributed by atoms with Gasteiger partial charge >= 0.3 is 6.98 Å². The van der Waals surface area contributed by atoms with Crippen LogP contribution in [-0.4, -0.2) is 6.98 Å². The first kappa shape index (κ1) is 11.4. The summed E-state index contributed by atoms with van der Waals surface area (Å²) >= 11 is 3.19. The van der Waals surface area contributed by atoms with Crippen LogP contribution in [0.25, 0.3) is 6.08 Å². The van der Waals surface area contributed by atoms with Crippen molar-refractivity contribution in [3.05, 3.63) is 39.8 Å². The van der Waals surface area contributed by atoms with E-state index in [1.54, 1.807) is 12.1 Å². The first-order valence-electron chi connectivity index (χ1n) is 4.04. The topological polar surface area (TPSA) is 0 Å². The molecule has 0 nitrogen and oxygen atoms in total. The molecule has 0 aliphatic rings. The van der Waals surface area contributed by atoms with E-state index in [9.17, 15) is 12.9 Å². The van der Waals surface area contributed by atoms with Gasteiger partial charge in [-0.1, -0.05) is 39.7 Å². The van der Waals surface area contributed by atoms with Crippen molar-refractivity contribution >= 4 is 29.0 Å². The van der Waals surface area contributed by atoms with Gasteiger partial charge in [0.1, 0.15) is 0 Å². The van der Waals surface area contributed by atoms with Gasteiger partial charge in [0.05, 0.1) is 0 Å². The van der Waals surface area contributed by atoms with Crippen LogP contribution in [0.2, 0.25) is 0 Å². The SMILES string of the molecule is Cc1ccc(Br)c(/C=C/[B-](F)(F)F)c1. The molecule has 76 valence electrons. The molecule has 0 atom stereocenters. The summed E-state index contributed by atoms with van der Waals surface area (Å²) in [5, 5.41) is 0. The molecule has 0 bridgehead atoms. The monoisotopic (exact) mass is 263 g/mol. The van der Waals surface area contributed by atoms with E-state index in [1.165, 1.54) is 0 Å². The molecule has 0 radical (unpaired) electrons. The summed E-state index contributed by atoms with van der Waals surface area (Å²) in [6.45, 7) is -3.02. The Balaban J connectivity index is 2.97. The maximum atomic E-state index is 11.9. The highest BCUT2D eigenvalue weighted by Gasteiger charge is 2.17. The third-order valence-electron chi connectivity index (χ3n) is 1.65. The van der Waals surface area contributed by atoms with E-state index in [4.69, 9.17) is 0 Å². The lowest BCUT2D eigenvalue weighted by molar-refractivity contribution is 0.499. The zero-order valence-corrected chi connectivity index (χ0v) is 9.06. The summed E-state index contributed by atoms with van der Waals surface area (Å²) in [4.78, 5) is 0. The maximum Gasteiger partial charge on any atom is 0.502 e. The van der Waals surface area contributed by atoms with Crippen molar-refractivity contribution in [2.75, 3.05) is 0 Å². The number of hydrogen-bond donors (Lipinski definition) is 0. The Morgan fingerprint density at radius 3 is 2.50 bits per heavy atom. The standard InChI is InChI=1S/C9H8BBrF3/c1-7-2-3-9(11)8(6-7)4-5-10(12,13)14/h2-6H,1H3/q-1/b5-4+. The molecule has 0 saturated heterocycles. The average molecular weight is 264 g/mol. The van der Waals surface area contributed by atoms with Crippen molar-refractivity contribution in [3.63, 3.8) is 0 Å². The van der Waals surface area contributed by atoms with Crippen LogP contribution in [0.4, 0.5) is 12.9 Å². The normalized spacial score (nSPS) is 12.4. The lowest BCUT2D eigenvalue weighted by atomic mass is 9.90. The molecule has 14 heavy (non-hydrogen) atoms. The van der Waals surface area contributed by atoms with E-state index in [2.05, 4.69) is 15.9 Å². The second-order valence-electron chi connectivity index (χ2n) is 3.01. The van der Waals surface area contributed by atoms with Crippen molar-refractivity contribution in [2.45, 2.75) is 6.92 Å². The zero-order valence-electron chi connectivity index (χ0n) is 7.48. The van der Waals surface area contributed by atoms with Crippen LogP contribution in [0.5, 0.6) is 0 Å². The number of benzene rings is 1. The average Bonchev–Trinajstić information content (AvgIpc) is 2.05. The van der Waals surface area contributed by atoms with Crippen LogP contribution in [0.1, 0.15) is 11.1 Å². The van der Waals surface area contributed by atoms with Gasteiger partial charge in [0.25, 0.3) is 0 Å². The van der Waals surface area contributed by atoms with Gasteiger partial charge in [-0.25, -0.2) is 0 Å². The molecule has 1 aromatic carbocycles. The van der Waals surface area contributed by atoms with Gasteiger partial charge in [-0.15, -0.1) is 5.98 Å². The fraction of sp³-hybridized carbons (Fsp3) is 0.111. The van der Waals surface area contributed by atoms with Crippen molar-refractivity contribution in [3.8, 4) is 0 Å². The molecule has 0 amide bonds. The van der Waals surface area contributed by atoms with Crippen LogP contribution in [0.15, 0.2) is 28.6 Å². The Hall–Kier alpha value is -0.705. The van der Waals surface area contributed by atoms with Gasteiger partial charge in [-0.2, -0.15) is 0 Å². The second kappa shape index (κ2) is 4.21. The predicted molar refractivity (Wildman–Crippen MR) is 57.0 cm³/mol. The molecule has 0 saturated carbocycles. The maximum absolute atomic E-state index is 11.9. The van der Waals surface area contributed by atoms with Gasteiger partial charge in [-0.3, -0.25) is 0 Å². The zero-order chi connectivity index (χ0) is 10.8. The molecule has 1 rings (SSSR count). The summed E-state index contributed by atoms with van der Waals surface area (Å²) in [5.41, 5.74) is 1.48. The number of hydrogen-bond acceptors (Lipinski definition) is 0. The van der Waals surface area contributed by atoms with Crippen LogP contribution in [0, 0.1) is 6.92 Å². The summed E-state index contributed by atoms with van der Waals surface area (Å²) in [7, 11) is 0. The van der Waals surface area contributed by atoms with Gasteiger partial charge in [-0.05, 0) is 18.6 Å². The molecule has 0 aliphatic carbocycles. The summed E-state index contributed by atoms with van der Waals surface area (Å²) in [6.07, 6.45) is 1.08. The fourth-order valence-electron chi connectivity index (χ4n) is 1.00. The van der Waals surface area contributed by atoms with E-state index in [1.807, 2.05) is 13.0 Å². The third-order valence-corrected chi connectivity index (χ3v) is 2.37. The number of halogens is 4. The fourth-order valence-corrected chi connectivity index (χ4v) is 1.38. The van der Waals surface area contributed by atoms with Crippen LogP contribution >= 0.6 is 15.9 Å². The number of rotatable bonds is 2. The first-order chi connectivity index (χ1) is 6.38. The quantitative estimate of drug-likeness (QED) is 0.703. The lowest BCUT2D eigenvalue weighted by Gasteiger charge is -2.07. The Morgan fingerprint density at radius 1 is 1.29 bits per heavy atom. The Bertz CT molecular complexity index is 358. The molecule has 0 unspecified atom stereocenters. The Kier molecular flexibility index (Phi) is 3.42. The Morgan fingerprint density at radius 2 is 1.93 bits per heavy atom. The van der Waals surface area contributed by atoms with E-state index in [-0.39, 0.29) is 0 Å². The molecule has 0 aliphatic heterocycles. The van der Waals surface area contributed by atoms with Gasteiger partial charge in [0, 0.05) is 4.47 Å². The molecule has 0 N–H and O–H groups in total. The first-order valence-corrected chi connectivity index (χ1v) is 4.83. The van der Waals surface area contributed by atoms with Gasteiger partial charge in [0.15, 0.2) is 0 Å². The third kappa shape index (κ3) is 3.58. The second-order valence-corrected chi connectivity index (χ2v) is 3.86. The van der Waals surface area contributed by atoms with Crippen molar-refractivity contribution in [2.24, 2.45) is 0 Å². The minimum atomic E-state index is -4.86. The smallest absolute Gasteiger partial charge is 0.445 e. The van der Waals surface area contributed by atoms with E-state index >= 15 is 0 Å². The predicted octanol–water partition coefficient (Wildman–Crippen LogP) is 4.16. The van der Waals surface area contributed by atoms with E-state index in [0.29, 0.717) is 16.0 Å². The molecule has 0 fully saturated rings. The van der Waals surface area contributed by atoms with Crippen LogP contribution in [-0.2, 0) is 0 Å². The summed E-state index contributed by atoms with van der Waals surface area (Å²) in [5.74, 6) is 0.291. The van der Waals surface area contributed by atoms with Crippen molar-refractivity contribution < 1.29 is 12.9 Å². The van der Waals surface area contributed by atoms with Crippen LogP contribution < -0.4 is 0 Å². The highest BCUT2D eigenvalue weighted by atomic mass is 79.9. The largest absolute Gasteiger partial charge is 0.502 e. The van der Waals surface area contributed by atoms with Gasteiger partial charge < -0.3 is 12.9 Å². The summed E-state index contributed by atoms with van der Waals surface area (Å²) < 4.78 is 36.5. The van der Waals surface area contributed by atoms with E-state index in [0.717, 1.165) is 11.6 Å². The summed E-state index contributed by atoms with van der Waals surface area (Å²) in [6, 6.07) is 5.26. The van der Waals surface area contributed by atoms with Crippen LogP contribution in [0.3, 0.4) is 0 Å².